The highest BCUT2D eigenvalue weighted by Gasteiger charge is 2.35. The minimum absolute atomic E-state index is 0.0227. The quantitative estimate of drug-likeness (QED) is 0.382. The van der Waals surface area contributed by atoms with Gasteiger partial charge in [-0.2, -0.15) is 4.98 Å². The number of nitrogens with zero attached hydrogens (tertiary/aromatic N) is 4. The van der Waals surface area contributed by atoms with Crippen LogP contribution in [0.25, 0.3) is 11.0 Å². The average Bonchev–Trinajstić information content (AvgIpc) is 3.41. The van der Waals surface area contributed by atoms with Crippen LogP contribution in [0.5, 0.6) is 0 Å². The number of aliphatic hydroxyl groups is 3. The molecule has 4 rings (SSSR count). The largest absolute Gasteiger partial charge is 0.394 e. The predicted molar refractivity (Wildman–Crippen MR) is 115 cm³/mol. The highest BCUT2D eigenvalue weighted by atomic mass is 35.5. The fraction of sp³-hybridized carbons (Fsp3) is 0.650. The Morgan fingerprint density at radius 1 is 1.27 bits per heavy atom. The van der Waals surface area contributed by atoms with Crippen LogP contribution in [0.2, 0.25) is 11.1 Å². The van der Waals surface area contributed by atoms with Gasteiger partial charge < -0.3 is 24.6 Å². The minimum Gasteiger partial charge on any atom is -0.394 e. The minimum atomic E-state index is -1.50. The number of ether oxygens (including phenoxy) is 1. The number of halogens is 1. The number of hydrogen-bond acceptors (Lipinski definition) is 7. The summed E-state index contributed by atoms with van der Waals surface area (Å²) in [6, 6.07) is 1.95. The van der Waals surface area contributed by atoms with E-state index < -0.39 is 5.79 Å². The molecule has 3 heterocycles. The third kappa shape index (κ3) is 5.51. The van der Waals surface area contributed by atoms with Crippen molar-refractivity contribution in [1.82, 2.24) is 14.5 Å². The number of aliphatic hydroxyl groups excluding tert-OH is 1. The van der Waals surface area contributed by atoms with Crippen LogP contribution in [0.4, 0.5) is 0 Å². The van der Waals surface area contributed by atoms with E-state index in [1.807, 2.05) is 16.8 Å². The van der Waals surface area contributed by atoms with Gasteiger partial charge >= 0.3 is 6.71 Å². The van der Waals surface area contributed by atoms with Gasteiger partial charge in [-0.1, -0.05) is 25.7 Å². The lowest BCUT2D eigenvalue weighted by Gasteiger charge is -2.16. The molecule has 8 nitrogen and oxygen atoms in total. The van der Waals surface area contributed by atoms with Crippen LogP contribution in [0.15, 0.2) is 12.3 Å². The van der Waals surface area contributed by atoms with E-state index in [1.165, 1.54) is 26.7 Å². The van der Waals surface area contributed by atoms with E-state index in [1.54, 1.807) is 0 Å². The van der Waals surface area contributed by atoms with Gasteiger partial charge in [0.15, 0.2) is 5.79 Å². The topological polar surface area (TPSA) is 124 Å². The Balaban J connectivity index is 0.000000461. The molecule has 1 aliphatic heterocycles. The van der Waals surface area contributed by atoms with E-state index in [9.17, 15) is 10.4 Å². The average molecular weight is 435 g/mol. The zero-order valence-corrected chi connectivity index (χ0v) is 18.1. The van der Waals surface area contributed by atoms with Crippen LogP contribution < -0.4 is 5.59 Å². The molecule has 3 N–H and O–H groups in total. The number of hydrogen-bond donors (Lipinski definition) is 3. The van der Waals surface area contributed by atoms with Gasteiger partial charge in [0.1, 0.15) is 11.9 Å². The SMILES string of the molecule is CC(C)(O)O.N#CB(c1nc(Cl)nc2c1ccn2C1CCC(CO)O1)C1CCCC1. The zero-order valence-electron chi connectivity index (χ0n) is 17.3. The summed E-state index contributed by atoms with van der Waals surface area (Å²) < 4.78 is 7.82. The van der Waals surface area contributed by atoms with Crippen LogP contribution in [-0.4, -0.2) is 55.1 Å². The van der Waals surface area contributed by atoms with Crippen molar-refractivity contribution in [2.75, 3.05) is 6.61 Å². The van der Waals surface area contributed by atoms with Crippen LogP contribution in [0.3, 0.4) is 0 Å². The summed E-state index contributed by atoms with van der Waals surface area (Å²) >= 11 is 6.20. The molecule has 162 valence electrons. The molecular formula is C20H28BClN4O4. The molecule has 1 aliphatic carbocycles. The maximum Gasteiger partial charge on any atom is 0.326 e. The molecule has 1 saturated heterocycles. The van der Waals surface area contributed by atoms with E-state index in [0.29, 0.717) is 11.5 Å². The van der Waals surface area contributed by atoms with Crippen molar-refractivity contribution < 1.29 is 20.1 Å². The Kier molecular flexibility index (Phi) is 7.37. The van der Waals surface area contributed by atoms with E-state index >= 15 is 0 Å². The monoisotopic (exact) mass is 434 g/mol. The van der Waals surface area contributed by atoms with Crippen molar-refractivity contribution in [3.63, 3.8) is 0 Å². The first-order valence-corrected chi connectivity index (χ1v) is 10.7. The molecule has 2 fully saturated rings. The van der Waals surface area contributed by atoms with Gasteiger partial charge in [0, 0.05) is 23.1 Å². The van der Waals surface area contributed by atoms with Gasteiger partial charge in [-0.15, -0.1) is 0 Å². The first-order valence-electron chi connectivity index (χ1n) is 10.4. The predicted octanol–water partition coefficient (Wildman–Crippen LogP) is 2.17. The van der Waals surface area contributed by atoms with Gasteiger partial charge in [0.05, 0.1) is 12.7 Å². The Hall–Kier alpha value is -1.70. The zero-order chi connectivity index (χ0) is 21.9. The molecule has 2 aliphatic rings. The fourth-order valence-electron chi connectivity index (χ4n) is 4.20. The van der Waals surface area contributed by atoms with Crippen LogP contribution in [0.1, 0.15) is 58.6 Å². The molecule has 2 unspecified atom stereocenters. The van der Waals surface area contributed by atoms with E-state index in [2.05, 4.69) is 15.9 Å². The van der Waals surface area contributed by atoms with Gasteiger partial charge in [-0.3, -0.25) is 0 Å². The fourth-order valence-corrected chi connectivity index (χ4v) is 4.38. The second kappa shape index (κ2) is 9.63. The Morgan fingerprint density at radius 3 is 2.50 bits per heavy atom. The summed E-state index contributed by atoms with van der Waals surface area (Å²) in [5, 5.41) is 36.2. The van der Waals surface area contributed by atoms with Crippen LogP contribution >= 0.6 is 11.6 Å². The number of rotatable bonds is 4. The Labute approximate surface area is 181 Å². The second-order valence-electron chi connectivity index (χ2n) is 8.46. The third-order valence-corrected chi connectivity index (χ3v) is 5.65. The van der Waals surface area contributed by atoms with E-state index in [-0.39, 0.29) is 30.9 Å². The summed E-state index contributed by atoms with van der Waals surface area (Å²) in [5.74, 6) is 1.29. The molecule has 0 aromatic carbocycles. The lowest BCUT2D eigenvalue weighted by atomic mass is 9.39. The molecule has 0 amide bonds. The van der Waals surface area contributed by atoms with Crippen LogP contribution in [-0.2, 0) is 4.74 Å². The summed E-state index contributed by atoms with van der Waals surface area (Å²) in [6.45, 7) is 2.37. The molecule has 2 atom stereocenters. The van der Waals surface area contributed by atoms with Crippen molar-refractivity contribution in [3.05, 3.63) is 17.5 Å². The maximum atomic E-state index is 9.76. The molecule has 10 heteroatoms. The molecule has 1 saturated carbocycles. The first-order chi connectivity index (χ1) is 14.2. The first kappa shape index (κ1) is 23.0. The smallest absolute Gasteiger partial charge is 0.326 e. The van der Waals surface area contributed by atoms with E-state index in [4.69, 9.17) is 26.6 Å². The number of aromatic nitrogens is 3. The third-order valence-electron chi connectivity index (χ3n) is 5.48. The van der Waals surface area contributed by atoms with Gasteiger partial charge in [-0.25, -0.2) is 10.2 Å². The highest BCUT2D eigenvalue weighted by Crippen LogP contribution is 2.34. The lowest BCUT2D eigenvalue weighted by molar-refractivity contribution is -0.127. The normalized spacial score (nSPS) is 22.0. The lowest BCUT2D eigenvalue weighted by Crippen LogP contribution is -2.36. The molecular weight excluding hydrogens is 407 g/mol. The summed E-state index contributed by atoms with van der Waals surface area (Å²) in [4.78, 5) is 8.83. The van der Waals surface area contributed by atoms with Gasteiger partial charge in [0.25, 0.3) is 0 Å². The summed E-state index contributed by atoms with van der Waals surface area (Å²) in [7, 11) is 0. The summed E-state index contributed by atoms with van der Waals surface area (Å²) in [5.41, 5.74) is 1.44. The van der Waals surface area contributed by atoms with E-state index in [0.717, 1.165) is 36.7 Å². The molecule has 2 aromatic heterocycles. The maximum absolute atomic E-state index is 9.76. The standard InChI is InChI=1S/C17H20BClN4O2.C3H8O2/c19-17-21-15(18(10-20)11-3-1-2-4-11)13-7-8-23(16(13)22-17)14-6-5-12(9-24)25-14;1-3(2,4)5/h7-8,11-12,14,24H,1-6,9H2;4-5H,1-2H3. The van der Waals surface area contributed by atoms with Gasteiger partial charge in [-0.05, 0) is 50.2 Å². The highest BCUT2D eigenvalue weighted by molar-refractivity contribution is 6.82. The molecule has 0 radical (unpaired) electrons. The second-order valence-corrected chi connectivity index (χ2v) is 8.79. The van der Waals surface area contributed by atoms with Crippen molar-refractivity contribution in [3.8, 4) is 5.97 Å². The van der Waals surface area contributed by atoms with Crippen molar-refractivity contribution in [2.45, 2.75) is 76.3 Å². The van der Waals surface area contributed by atoms with Crippen LogP contribution in [0, 0.1) is 11.2 Å². The molecule has 30 heavy (non-hydrogen) atoms. The molecule has 0 spiro atoms. The van der Waals surface area contributed by atoms with Crippen molar-refractivity contribution in [1.29, 1.82) is 5.26 Å². The molecule has 2 aromatic rings. The Morgan fingerprint density at radius 2 is 1.93 bits per heavy atom. The molecule has 0 bridgehead atoms. The van der Waals surface area contributed by atoms with Crippen molar-refractivity contribution in [2.24, 2.45) is 0 Å². The summed E-state index contributed by atoms with van der Waals surface area (Å²) in [6.07, 6.45) is 7.72. The van der Waals surface area contributed by atoms with Crippen molar-refractivity contribution >= 4 is 34.9 Å². The Bertz CT molecular complexity index is 899. The number of fused-ring (bicyclic) bond motifs is 1. The van der Waals surface area contributed by atoms with Gasteiger partial charge in [0.2, 0.25) is 5.28 Å². The number of nitriles is 1.